The second-order valence-electron chi connectivity index (χ2n) is 8.12. The van der Waals surface area contributed by atoms with Crippen molar-refractivity contribution in [3.05, 3.63) is 0 Å². The maximum Gasteiger partial charge on any atom is 0.412 e. The number of hydrogen-bond acceptors (Lipinski definition) is 5. The molecular weight excluding hydrogens is 310 g/mol. The SMILES string of the molecule is CC(C)OC(CCCCO)[C@@H]1COC(C)(C)N1C(=O)OC(C)(C)C. The minimum atomic E-state index is -0.734. The average Bonchev–Trinajstić information content (AvgIpc) is 2.71. The summed E-state index contributed by atoms with van der Waals surface area (Å²) in [5.74, 6) is 0. The summed E-state index contributed by atoms with van der Waals surface area (Å²) in [5.41, 5.74) is -1.30. The van der Waals surface area contributed by atoms with E-state index in [-0.39, 0.29) is 30.9 Å². The van der Waals surface area contributed by atoms with Gasteiger partial charge in [0, 0.05) is 6.61 Å². The van der Waals surface area contributed by atoms with E-state index in [4.69, 9.17) is 19.3 Å². The molecule has 1 amide bonds. The van der Waals surface area contributed by atoms with Crippen molar-refractivity contribution in [1.29, 1.82) is 0 Å². The molecule has 1 rings (SSSR count). The molecule has 0 aromatic rings. The molecule has 6 heteroatoms. The monoisotopic (exact) mass is 345 g/mol. The van der Waals surface area contributed by atoms with Gasteiger partial charge in [-0.3, -0.25) is 4.90 Å². The number of rotatable bonds is 7. The molecule has 6 nitrogen and oxygen atoms in total. The first-order valence-corrected chi connectivity index (χ1v) is 8.90. The highest BCUT2D eigenvalue weighted by Crippen LogP contribution is 2.33. The van der Waals surface area contributed by atoms with Gasteiger partial charge in [0.1, 0.15) is 11.3 Å². The lowest BCUT2D eigenvalue weighted by Crippen LogP contribution is -2.54. The largest absolute Gasteiger partial charge is 0.444 e. The van der Waals surface area contributed by atoms with Gasteiger partial charge in [0.25, 0.3) is 0 Å². The standard InChI is InChI=1S/C18H35NO5/c1-13(2)23-15(10-8-9-11-20)14-12-22-18(6,7)19(14)16(21)24-17(3,4)5/h13-15,20H,8-12H2,1-7H3/t14-,15?/m0/s1. The lowest BCUT2D eigenvalue weighted by Gasteiger charge is -2.38. The zero-order valence-corrected chi connectivity index (χ0v) is 16.3. The highest BCUT2D eigenvalue weighted by molar-refractivity contribution is 5.69. The van der Waals surface area contributed by atoms with Crippen LogP contribution in [0.25, 0.3) is 0 Å². The fourth-order valence-corrected chi connectivity index (χ4v) is 2.93. The molecule has 24 heavy (non-hydrogen) atoms. The summed E-state index contributed by atoms with van der Waals surface area (Å²) in [6.07, 6.45) is 1.85. The zero-order chi connectivity index (χ0) is 18.5. The Balaban J connectivity index is 2.95. The summed E-state index contributed by atoms with van der Waals surface area (Å²) in [6, 6.07) is -0.198. The van der Waals surface area contributed by atoms with E-state index in [2.05, 4.69) is 0 Å². The highest BCUT2D eigenvalue weighted by Gasteiger charge is 2.48. The number of amides is 1. The Morgan fingerprint density at radius 2 is 1.96 bits per heavy atom. The van der Waals surface area contributed by atoms with Crippen molar-refractivity contribution in [2.75, 3.05) is 13.2 Å². The summed E-state index contributed by atoms with van der Waals surface area (Å²) in [4.78, 5) is 14.4. The molecule has 2 atom stereocenters. The minimum Gasteiger partial charge on any atom is -0.444 e. The van der Waals surface area contributed by atoms with Gasteiger partial charge in [-0.2, -0.15) is 0 Å². The fraction of sp³-hybridized carbons (Fsp3) is 0.944. The van der Waals surface area contributed by atoms with Gasteiger partial charge in [0.15, 0.2) is 0 Å². The van der Waals surface area contributed by atoms with Gasteiger partial charge in [-0.15, -0.1) is 0 Å². The van der Waals surface area contributed by atoms with E-state index in [1.807, 2.05) is 48.5 Å². The molecule has 1 heterocycles. The van der Waals surface area contributed by atoms with Gasteiger partial charge in [-0.25, -0.2) is 4.79 Å². The van der Waals surface area contributed by atoms with Crippen LogP contribution in [0.3, 0.4) is 0 Å². The maximum absolute atomic E-state index is 12.7. The molecule has 0 saturated carbocycles. The molecule has 1 unspecified atom stereocenters. The van der Waals surface area contributed by atoms with Gasteiger partial charge >= 0.3 is 6.09 Å². The second kappa shape index (κ2) is 8.50. The molecule has 1 saturated heterocycles. The van der Waals surface area contributed by atoms with E-state index in [0.717, 1.165) is 19.3 Å². The molecule has 0 radical (unpaired) electrons. The van der Waals surface area contributed by atoms with Crippen LogP contribution in [-0.4, -0.2) is 58.9 Å². The Bertz CT molecular complexity index is 403. The van der Waals surface area contributed by atoms with Crippen LogP contribution in [0.2, 0.25) is 0 Å². The van der Waals surface area contributed by atoms with Gasteiger partial charge < -0.3 is 19.3 Å². The Hall–Kier alpha value is -0.850. The first-order valence-electron chi connectivity index (χ1n) is 8.90. The van der Waals surface area contributed by atoms with E-state index < -0.39 is 11.3 Å². The Labute approximate surface area is 146 Å². The highest BCUT2D eigenvalue weighted by atomic mass is 16.6. The van der Waals surface area contributed by atoms with Gasteiger partial charge in [-0.05, 0) is 67.7 Å². The van der Waals surface area contributed by atoms with Gasteiger partial charge in [0.2, 0.25) is 0 Å². The molecule has 1 aliphatic heterocycles. The number of hydrogen-bond donors (Lipinski definition) is 1. The van der Waals surface area contributed by atoms with Gasteiger partial charge in [-0.1, -0.05) is 0 Å². The number of aliphatic hydroxyl groups is 1. The Morgan fingerprint density at radius 3 is 2.46 bits per heavy atom. The molecule has 0 spiro atoms. The molecule has 0 aromatic heterocycles. The molecule has 1 N–H and O–H groups in total. The molecule has 1 fully saturated rings. The third kappa shape index (κ3) is 6.22. The summed E-state index contributed by atoms with van der Waals surface area (Å²) in [5, 5.41) is 9.03. The third-order valence-corrected chi connectivity index (χ3v) is 3.88. The summed E-state index contributed by atoms with van der Waals surface area (Å²) < 4.78 is 17.5. The lowest BCUT2D eigenvalue weighted by molar-refractivity contribution is -0.0797. The molecule has 0 aromatic carbocycles. The number of nitrogens with zero attached hydrogens (tertiary/aromatic N) is 1. The van der Waals surface area contributed by atoms with Crippen LogP contribution in [-0.2, 0) is 14.2 Å². The second-order valence-corrected chi connectivity index (χ2v) is 8.12. The van der Waals surface area contributed by atoms with Crippen molar-refractivity contribution in [2.45, 2.75) is 97.3 Å². The minimum absolute atomic E-state index is 0.0494. The molecule has 1 aliphatic rings. The first-order chi connectivity index (χ1) is 11.0. The number of carbonyl (C=O) groups excluding carboxylic acids is 1. The van der Waals surface area contributed by atoms with E-state index in [1.54, 1.807) is 4.90 Å². The quantitative estimate of drug-likeness (QED) is 0.717. The fourth-order valence-electron chi connectivity index (χ4n) is 2.93. The lowest BCUT2D eigenvalue weighted by atomic mass is 10.0. The number of unbranched alkanes of at least 4 members (excludes halogenated alkanes) is 1. The average molecular weight is 345 g/mol. The number of ether oxygens (including phenoxy) is 3. The zero-order valence-electron chi connectivity index (χ0n) is 16.3. The predicted octanol–water partition coefficient (Wildman–Crippen LogP) is 3.31. The number of carbonyl (C=O) groups is 1. The van der Waals surface area contributed by atoms with Crippen molar-refractivity contribution in [3.8, 4) is 0 Å². The van der Waals surface area contributed by atoms with Crippen LogP contribution >= 0.6 is 0 Å². The summed E-state index contributed by atoms with van der Waals surface area (Å²) in [6.45, 7) is 13.9. The first kappa shape index (κ1) is 21.2. The molecule has 0 aliphatic carbocycles. The predicted molar refractivity (Wildman–Crippen MR) is 92.8 cm³/mol. The topological polar surface area (TPSA) is 68.2 Å². The van der Waals surface area contributed by atoms with E-state index >= 15 is 0 Å². The number of aliphatic hydroxyl groups excluding tert-OH is 1. The van der Waals surface area contributed by atoms with Crippen molar-refractivity contribution < 1.29 is 24.1 Å². The van der Waals surface area contributed by atoms with Crippen LogP contribution in [0.1, 0.15) is 67.7 Å². The van der Waals surface area contributed by atoms with Gasteiger partial charge in [0.05, 0.1) is 24.9 Å². The summed E-state index contributed by atoms with van der Waals surface area (Å²) in [7, 11) is 0. The van der Waals surface area contributed by atoms with E-state index in [1.165, 1.54) is 0 Å². The summed E-state index contributed by atoms with van der Waals surface area (Å²) >= 11 is 0. The van der Waals surface area contributed by atoms with E-state index in [0.29, 0.717) is 6.61 Å². The van der Waals surface area contributed by atoms with Crippen molar-refractivity contribution in [2.24, 2.45) is 0 Å². The van der Waals surface area contributed by atoms with Crippen LogP contribution in [0.4, 0.5) is 4.79 Å². The maximum atomic E-state index is 12.7. The van der Waals surface area contributed by atoms with E-state index in [9.17, 15) is 4.79 Å². The Morgan fingerprint density at radius 1 is 1.33 bits per heavy atom. The molecule has 142 valence electrons. The van der Waals surface area contributed by atoms with Crippen LogP contribution in [0.5, 0.6) is 0 Å². The van der Waals surface area contributed by atoms with Crippen molar-refractivity contribution >= 4 is 6.09 Å². The smallest absolute Gasteiger partial charge is 0.412 e. The third-order valence-electron chi connectivity index (χ3n) is 3.88. The normalized spacial score (nSPS) is 22.0. The van der Waals surface area contributed by atoms with Crippen molar-refractivity contribution in [3.63, 3.8) is 0 Å². The van der Waals surface area contributed by atoms with Crippen LogP contribution in [0, 0.1) is 0 Å². The van der Waals surface area contributed by atoms with Crippen molar-refractivity contribution in [1.82, 2.24) is 4.90 Å². The van der Waals surface area contributed by atoms with Crippen LogP contribution in [0.15, 0.2) is 0 Å². The Kier molecular flexibility index (Phi) is 7.50. The molecular formula is C18H35NO5. The van der Waals surface area contributed by atoms with Crippen LogP contribution < -0.4 is 0 Å². The molecule has 0 bridgehead atoms.